The summed E-state index contributed by atoms with van der Waals surface area (Å²) in [6.07, 6.45) is 0.770. The van der Waals surface area contributed by atoms with Gasteiger partial charge in [0.2, 0.25) is 0 Å². The smallest absolute Gasteiger partial charge is 0.0410 e. The summed E-state index contributed by atoms with van der Waals surface area (Å²) in [5.41, 5.74) is 13.2. The van der Waals surface area contributed by atoms with Crippen molar-refractivity contribution < 1.29 is 0 Å². The Morgan fingerprint density at radius 2 is 2.17 bits per heavy atom. The van der Waals surface area contributed by atoms with Crippen molar-refractivity contribution in [2.24, 2.45) is 5.73 Å². The lowest BCUT2D eigenvalue weighted by atomic mass is 10.1. The fourth-order valence-corrected chi connectivity index (χ4v) is 1.29. The van der Waals surface area contributed by atoms with Gasteiger partial charge >= 0.3 is 0 Å². The van der Waals surface area contributed by atoms with Crippen LogP contribution in [0.3, 0.4) is 0 Å². The predicted octanol–water partition coefficient (Wildman–Crippen LogP) is 1.81. The van der Waals surface area contributed by atoms with Crippen LogP contribution in [0.1, 0.15) is 12.5 Å². The number of hydrogen-bond acceptors (Lipinski definition) is 2. The standard InChI is InChI=1S/C9H13ClN2/c1-6(11)4-7-5-8(10)2-3-9(7)12/h2-3,5-6H,4,11-12H2,1H3. The van der Waals surface area contributed by atoms with Crippen LogP contribution in [-0.4, -0.2) is 6.04 Å². The van der Waals surface area contributed by atoms with E-state index in [-0.39, 0.29) is 6.04 Å². The number of nitrogen functional groups attached to an aromatic ring is 1. The molecule has 0 bridgehead atoms. The third-order valence-corrected chi connectivity index (χ3v) is 1.88. The lowest BCUT2D eigenvalue weighted by Crippen LogP contribution is -2.18. The third kappa shape index (κ3) is 2.40. The molecule has 0 heterocycles. The molecule has 0 aromatic heterocycles. The van der Waals surface area contributed by atoms with Crippen LogP contribution >= 0.6 is 11.6 Å². The van der Waals surface area contributed by atoms with Gasteiger partial charge in [0.05, 0.1) is 0 Å². The molecule has 1 aromatic rings. The number of anilines is 1. The van der Waals surface area contributed by atoms with Gasteiger partial charge in [-0.15, -0.1) is 0 Å². The summed E-state index contributed by atoms with van der Waals surface area (Å²) in [5, 5.41) is 0.708. The topological polar surface area (TPSA) is 52.0 Å². The molecule has 0 aliphatic rings. The first kappa shape index (κ1) is 9.36. The van der Waals surface area contributed by atoms with Crippen LogP contribution < -0.4 is 11.5 Å². The molecule has 2 nitrogen and oxygen atoms in total. The Balaban J connectivity index is 2.90. The van der Waals surface area contributed by atoms with E-state index in [0.29, 0.717) is 5.02 Å². The van der Waals surface area contributed by atoms with E-state index in [1.807, 2.05) is 13.0 Å². The van der Waals surface area contributed by atoms with Crippen molar-refractivity contribution in [1.82, 2.24) is 0 Å². The highest BCUT2D eigenvalue weighted by atomic mass is 35.5. The van der Waals surface area contributed by atoms with Crippen molar-refractivity contribution in [3.63, 3.8) is 0 Å². The van der Waals surface area contributed by atoms with Gasteiger partial charge in [-0.1, -0.05) is 11.6 Å². The number of hydrogen-bond donors (Lipinski definition) is 2. The minimum atomic E-state index is 0.116. The van der Waals surface area contributed by atoms with Gasteiger partial charge in [0, 0.05) is 16.8 Å². The van der Waals surface area contributed by atoms with E-state index in [1.54, 1.807) is 12.1 Å². The second kappa shape index (κ2) is 3.78. The zero-order valence-corrected chi connectivity index (χ0v) is 7.81. The van der Waals surface area contributed by atoms with Crippen LogP contribution in [0.15, 0.2) is 18.2 Å². The van der Waals surface area contributed by atoms with E-state index < -0.39 is 0 Å². The van der Waals surface area contributed by atoms with E-state index in [2.05, 4.69) is 0 Å². The first-order chi connectivity index (χ1) is 5.59. The number of benzene rings is 1. The average molecular weight is 185 g/mol. The van der Waals surface area contributed by atoms with Crippen molar-refractivity contribution in [3.05, 3.63) is 28.8 Å². The molecule has 0 spiro atoms. The second-order valence-corrected chi connectivity index (χ2v) is 3.46. The lowest BCUT2D eigenvalue weighted by Gasteiger charge is -2.08. The third-order valence-electron chi connectivity index (χ3n) is 1.65. The molecule has 4 N–H and O–H groups in total. The summed E-state index contributed by atoms with van der Waals surface area (Å²) < 4.78 is 0. The zero-order valence-electron chi connectivity index (χ0n) is 7.05. The minimum Gasteiger partial charge on any atom is -0.399 e. The van der Waals surface area contributed by atoms with Crippen molar-refractivity contribution in [1.29, 1.82) is 0 Å². The number of rotatable bonds is 2. The van der Waals surface area contributed by atoms with Crippen LogP contribution in [-0.2, 0) is 6.42 Å². The number of halogens is 1. The first-order valence-electron chi connectivity index (χ1n) is 3.89. The summed E-state index contributed by atoms with van der Waals surface area (Å²) in [6, 6.07) is 5.56. The van der Waals surface area contributed by atoms with Gasteiger partial charge in [0.25, 0.3) is 0 Å². The van der Waals surface area contributed by atoms with Gasteiger partial charge in [0.15, 0.2) is 0 Å². The van der Waals surface area contributed by atoms with E-state index in [1.165, 1.54) is 0 Å². The Kier molecular flexibility index (Phi) is 2.95. The normalized spacial score (nSPS) is 12.9. The Bertz CT molecular complexity index is 271. The molecule has 12 heavy (non-hydrogen) atoms. The Labute approximate surface area is 77.5 Å². The van der Waals surface area contributed by atoms with Gasteiger partial charge in [-0.2, -0.15) is 0 Å². The molecule has 0 fully saturated rings. The van der Waals surface area contributed by atoms with Crippen LogP contribution in [0.4, 0.5) is 5.69 Å². The SMILES string of the molecule is CC(N)Cc1cc(Cl)ccc1N. The van der Waals surface area contributed by atoms with Crippen LogP contribution in [0.2, 0.25) is 5.02 Å². The molecule has 0 saturated carbocycles. The van der Waals surface area contributed by atoms with Gasteiger partial charge in [-0.25, -0.2) is 0 Å². The summed E-state index contributed by atoms with van der Waals surface area (Å²) in [5.74, 6) is 0. The fraction of sp³-hybridized carbons (Fsp3) is 0.333. The van der Waals surface area contributed by atoms with E-state index in [9.17, 15) is 0 Å². The maximum absolute atomic E-state index is 5.80. The van der Waals surface area contributed by atoms with Crippen LogP contribution in [0.25, 0.3) is 0 Å². The first-order valence-corrected chi connectivity index (χ1v) is 4.27. The minimum absolute atomic E-state index is 0.116. The van der Waals surface area contributed by atoms with Gasteiger partial charge < -0.3 is 11.5 Å². The molecule has 66 valence electrons. The Hall–Kier alpha value is -0.730. The van der Waals surface area contributed by atoms with E-state index >= 15 is 0 Å². The molecule has 0 radical (unpaired) electrons. The lowest BCUT2D eigenvalue weighted by molar-refractivity contribution is 0.739. The highest BCUT2D eigenvalue weighted by Crippen LogP contribution is 2.18. The van der Waals surface area contributed by atoms with Gasteiger partial charge in [-0.05, 0) is 37.1 Å². The molecular weight excluding hydrogens is 172 g/mol. The molecule has 0 saturated heterocycles. The molecule has 1 rings (SSSR count). The fourth-order valence-electron chi connectivity index (χ4n) is 1.10. The van der Waals surface area contributed by atoms with E-state index in [4.69, 9.17) is 23.1 Å². The van der Waals surface area contributed by atoms with Crippen LogP contribution in [0.5, 0.6) is 0 Å². The van der Waals surface area contributed by atoms with Crippen molar-refractivity contribution >= 4 is 17.3 Å². The highest BCUT2D eigenvalue weighted by Gasteiger charge is 2.02. The quantitative estimate of drug-likeness (QED) is 0.689. The van der Waals surface area contributed by atoms with Gasteiger partial charge in [-0.3, -0.25) is 0 Å². The summed E-state index contributed by atoms with van der Waals surface area (Å²) in [7, 11) is 0. The van der Waals surface area contributed by atoms with Crippen molar-refractivity contribution in [3.8, 4) is 0 Å². The maximum atomic E-state index is 5.80. The average Bonchev–Trinajstić information content (AvgIpc) is 1.96. The molecule has 1 unspecified atom stereocenters. The van der Waals surface area contributed by atoms with Crippen molar-refractivity contribution in [2.45, 2.75) is 19.4 Å². The summed E-state index contributed by atoms with van der Waals surface area (Å²) >= 11 is 5.80. The zero-order chi connectivity index (χ0) is 9.14. The Morgan fingerprint density at radius 1 is 1.50 bits per heavy atom. The molecule has 0 amide bonds. The Morgan fingerprint density at radius 3 is 2.75 bits per heavy atom. The maximum Gasteiger partial charge on any atom is 0.0410 e. The van der Waals surface area contributed by atoms with Crippen LogP contribution in [0, 0.1) is 0 Å². The molecule has 0 aliphatic heterocycles. The summed E-state index contributed by atoms with van der Waals surface area (Å²) in [4.78, 5) is 0. The molecule has 1 atom stereocenters. The number of nitrogens with two attached hydrogens (primary N) is 2. The molecular formula is C9H13ClN2. The summed E-state index contributed by atoms with van der Waals surface area (Å²) in [6.45, 7) is 1.94. The molecule has 3 heteroatoms. The van der Waals surface area contributed by atoms with E-state index in [0.717, 1.165) is 17.7 Å². The van der Waals surface area contributed by atoms with Gasteiger partial charge in [0.1, 0.15) is 0 Å². The monoisotopic (exact) mass is 184 g/mol. The molecule has 0 aliphatic carbocycles. The molecule has 1 aromatic carbocycles. The second-order valence-electron chi connectivity index (χ2n) is 3.02. The highest BCUT2D eigenvalue weighted by molar-refractivity contribution is 6.30. The largest absolute Gasteiger partial charge is 0.399 e. The van der Waals surface area contributed by atoms with Crippen molar-refractivity contribution in [2.75, 3.05) is 5.73 Å². The predicted molar refractivity (Wildman–Crippen MR) is 53.2 cm³/mol.